The number of benzene rings is 1. The zero-order valence-corrected chi connectivity index (χ0v) is 13.5. The minimum absolute atomic E-state index is 0.190. The first-order chi connectivity index (χ1) is 9.85. The van der Waals surface area contributed by atoms with Crippen LogP contribution in [0.15, 0.2) is 40.2 Å². The summed E-state index contributed by atoms with van der Waals surface area (Å²) in [6.45, 7) is 2.60. The van der Waals surface area contributed by atoms with Crippen LogP contribution in [-0.2, 0) is 6.54 Å². The molecule has 0 bridgehead atoms. The summed E-state index contributed by atoms with van der Waals surface area (Å²) >= 11 is 4.76. The molecule has 2 rings (SSSR count). The van der Waals surface area contributed by atoms with Crippen molar-refractivity contribution in [3.05, 3.63) is 50.6 Å². The summed E-state index contributed by atoms with van der Waals surface area (Å²) in [6.07, 6.45) is -4.68. The second-order valence-electron chi connectivity index (χ2n) is 4.43. The van der Waals surface area contributed by atoms with Crippen molar-refractivity contribution < 1.29 is 17.9 Å². The molecule has 1 aromatic heterocycles. The van der Waals surface area contributed by atoms with Crippen LogP contribution in [0.1, 0.15) is 23.4 Å². The van der Waals surface area contributed by atoms with E-state index >= 15 is 0 Å². The van der Waals surface area contributed by atoms with E-state index in [9.17, 15) is 13.2 Å². The van der Waals surface area contributed by atoms with E-state index < -0.39 is 6.36 Å². The fourth-order valence-corrected chi connectivity index (χ4v) is 3.04. The van der Waals surface area contributed by atoms with Crippen LogP contribution in [0.2, 0.25) is 0 Å². The van der Waals surface area contributed by atoms with Crippen LogP contribution in [0.4, 0.5) is 13.2 Å². The molecule has 1 aromatic carbocycles. The zero-order valence-electron chi connectivity index (χ0n) is 11.1. The molecular weight excluding hydrogens is 367 g/mol. The minimum atomic E-state index is -4.68. The first kappa shape index (κ1) is 16.3. The molecule has 0 aliphatic carbocycles. The van der Waals surface area contributed by atoms with Gasteiger partial charge in [-0.05, 0) is 52.0 Å². The van der Waals surface area contributed by atoms with Crippen LogP contribution in [0.5, 0.6) is 5.75 Å². The van der Waals surface area contributed by atoms with Gasteiger partial charge in [-0.3, -0.25) is 0 Å². The monoisotopic (exact) mass is 379 g/mol. The molecule has 0 saturated carbocycles. The van der Waals surface area contributed by atoms with E-state index in [1.807, 2.05) is 24.4 Å². The van der Waals surface area contributed by atoms with Gasteiger partial charge in [0.05, 0.1) is 4.47 Å². The van der Waals surface area contributed by atoms with Gasteiger partial charge in [0.1, 0.15) is 5.75 Å². The Kier molecular flexibility index (Phi) is 5.29. The second kappa shape index (κ2) is 6.81. The van der Waals surface area contributed by atoms with E-state index in [1.165, 1.54) is 10.9 Å². The Labute approximate surface area is 133 Å². The van der Waals surface area contributed by atoms with E-state index in [0.29, 0.717) is 6.54 Å². The van der Waals surface area contributed by atoms with Crippen LogP contribution in [0.25, 0.3) is 0 Å². The molecule has 2 nitrogen and oxygen atoms in total. The van der Waals surface area contributed by atoms with Gasteiger partial charge in [0.25, 0.3) is 0 Å². The predicted molar refractivity (Wildman–Crippen MR) is 80.4 cm³/mol. The smallest absolute Gasteiger partial charge is 0.405 e. The number of rotatable bonds is 5. The van der Waals surface area contributed by atoms with Crippen LogP contribution < -0.4 is 10.1 Å². The van der Waals surface area contributed by atoms with Gasteiger partial charge >= 0.3 is 6.36 Å². The van der Waals surface area contributed by atoms with E-state index in [2.05, 4.69) is 26.0 Å². The number of hydrogen-bond acceptors (Lipinski definition) is 3. The van der Waals surface area contributed by atoms with Gasteiger partial charge in [0.2, 0.25) is 0 Å². The highest BCUT2D eigenvalue weighted by Gasteiger charge is 2.31. The Bertz CT molecular complexity index is 586. The van der Waals surface area contributed by atoms with Gasteiger partial charge in [-0.15, -0.1) is 24.5 Å². The fraction of sp³-hybridized carbons (Fsp3) is 0.286. The van der Waals surface area contributed by atoms with Crippen molar-refractivity contribution in [1.29, 1.82) is 0 Å². The average molecular weight is 380 g/mol. The highest BCUT2D eigenvalue weighted by atomic mass is 79.9. The molecule has 0 aliphatic rings. The van der Waals surface area contributed by atoms with Crippen LogP contribution in [-0.4, -0.2) is 6.36 Å². The fourth-order valence-electron chi connectivity index (χ4n) is 1.77. The Morgan fingerprint density at radius 2 is 2.10 bits per heavy atom. The molecule has 1 atom stereocenters. The van der Waals surface area contributed by atoms with Gasteiger partial charge in [0, 0.05) is 17.5 Å². The number of alkyl halides is 3. The molecule has 114 valence electrons. The minimum Gasteiger partial charge on any atom is -0.405 e. The van der Waals surface area contributed by atoms with Gasteiger partial charge in [-0.1, -0.05) is 12.1 Å². The van der Waals surface area contributed by atoms with Crippen molar-refractivity contribution in [3.8, 4) is 5.75 Å². The summed E-state index contributed by atoms with van der Waals surface area (Å²) in [4.78, 5) is 1.21. The second-order valence-corrected chi connectivity index (χ2v) is 6.26. The quantitative estimate of drug-likeness (QED) is 0.764. The van der Waals surface area contributed by atoms with Gasteiger partial charge in [-0.2, -0.15) is 0 Å². The summed E-state index contributed by atoms with van der Waals surface area (Å²) in [5.41, 5.74) is 0.875. The Hall–Kier alpha value is -1.05. The molecule has 1 heterocycles. The third kappa shape index (κ3) is 5.01. The molecule has 0 unspecified atom stereocenters. The third-order valence-electron chi connectivity index (χ3n) is 2.80. The molecule has 7 heteroatoms. The normalized spacial score (nSPS) is 13.2. The zero-order chi connectivity index (χ0) is 15.5. The molecule has 0 radical (unpaired) electrons. The molecule has 2 aromatic rings. The summed E-state index contributed by atoms with van der Waals surface area (Å²) in [6, 6.07) is 8.76. The van der Waals surface area contributed by atoms with Gasteiger partial charge in [-0.25, -0.2) is 0 Å². The third-order valence-corrected chi connectivity index (χ3v) is 4.48. The SMILES string of the molecule is C[C@H](NCc1ccc(OC(F)(F)F)c(Br)c1)c1cccs1. The first-order valence-electron chi connectivity index (χ1n) is 6.16. The molecule has 0 fully saturated rings. The standard InChI is InChI=1S/C14H13BrF3NOS/c1-9(13-3-2-6-21-13)19-8-10-4-5-12(11(15)7-10)20-14(16,17)18/h2-7,9,19H,8H2,1H3/t9-/m0/s1. The van der Waals surface area contributed by atoms with Crippen molar-refractivity contribution in [2.45, 2.75) is 25.9 Å². The molecule has 0 spiro atoms. The summed E-state index contributed by atoms with van der Waals surface area (Å²) < 4.78 is 40.7. The van der Waals surface area contributed by atoms with Gasteiger partial charge in [0.15, 0.2) is 0 Å². The number of ether oxygens (including phenoxy) is 1. The maximum Gasteiger partial charge on any atom is 0.573 e. The number of nitrogens with one attached hydrogen (secondary N) is 1. The van der Waals surface area contributed by atoms with Crippen LogP contribution in [0.3, 0.4) is 0 Å². The summed E-state index contributed by atoms with van der Waals surface area (Å²) in [5, 5.41) is 5.33. The van der Waals surface area contributed by atoms with E-state index in [1.54, 1.807) is 23.5 Å². The Balaban J connectivity index is 1.97. The Morgan fingerprint density at radius 3 is 2.67 bits per heavy atom. The first-order valence-corrected chi connectivity index (χ1v) is 7.83. The summed E-state index contributed by atoms with van der Waals surface area (Å²) in [7, 11) is 0. The molecule has 0 aliphatic heterocycles. The van der Waals surface area contributed by atoms with Gasteiger partial charge < -0.3 is 10.1 Å². The number of thiophene rings is 1. The van der Waals surface area contributed by atoms with E-state index in [4.69, 9.17) is 0 Å². The average Bonchev–Trinajstić information content (AvgIpc) is 2.91. The van der Waals surface area contributed by atoms with Crippen molar-refractivity contribution in [2.24, 2.45) is 0 Å². The lowest BCUT2D eigenvalue weighted by molar-refractivity contribution is -0.274. The summed E-state index contributed by atoms with van der Waals surface area (Å²) in [5.74, 6) is -0.238. The molecule has 0 saturated heterocycles. The lowest BCUT2D eigenvalue weighted by Crippen LogP contribution is -2.18. The highest BCUT2D eigenvalue weighted by molar-refractivity contribution is 9.10. The lowest BCUT2D eigenvalue weighted by atomic mass is 10.2. The van der Waals surface area contributed by atoms with Crippen molar-refractivity contribution >= 4 is 27.3 Å². The highest BCUT2D eigenvalue weighted by Crippen LogP contribution is 2.31. The molecular formula is C14H13BrF3NOS. The lowest BCUT2D eigenvalue weighted by Gasteiger charge is -2.14. The number of hydrogen-bond donors (Lipinski definition) is 1. The largest absolute Gasteiger partial charge is 0.573 e. The maximum absolute atomic E-state index is 12.2. The molecule has 0 amide bonds. The van der Waals surface area contributed by atoms with Crippen LogP contribution >= 0.6 is 27.3 Å². The van der Waals surface area contributed by atoms with Crippen molar-refractivity contribution in [3.63, 3.8) is 0 Å². The van der Waals surface area contributed by atoms with Crippen molar-refractivity contribution in [2.75, 3.05) is 0 Å². The van der Waals surface area contributed by atoms with Crippen molar-refractivity contribution in [1.82, 2.24) is 5.32 Å². The molecule has 21 heavy (non-hydrogen) atoms. The Morgan fingerprint density at radius 1 is 1.33 bits per heavy atom. The number of halogens is 4. The van der Waals surface area contributed by atoms with E-state index in [0.717, 1.165) is 5.56 Å². The van der Waals surface area contributed by atoms with Crippen LogP contribution in [0, 0.1) is 0 Å². The maximum atomic E-state index is 12.2. The van der Waals surface area contributed by atoms with E-state index in [-0.39, 0.29) is 16.3 Å². The molecule has 1 N–H and O–H groups in total. The predicted octanol–water partition coefficient (Wildman–Crippen LogP) is 5.26. The topological polar surface area (TPSA) is 21.3 Å².